The zero-order valence-corrected chi connectivity index (χ0v) is 12.0. The van der Waals surface area contributed by atoms with Crippen LogP contribution in [0.1, 0.15) is 44.2 Å². The lowest BCUT2D eigenvalue weighted by Crippen LogP contribution is -2.24. The highest BCUT2D eigenvalue weighted by Crippen LogP contribution is 2.18. The molecule has 0 fully saturated rings. The van der Waals surface area contributed by atoms with Crippen LogP contribution in [0.2, 0.25) is 0 Å². The van der Waals surface area contributed by atoms with Gasteiger partial charge in [0, 0.05) is 37.3 Å². The quantitative estimate of drug-likeness (QED) is 0.856. The first-order chi connectivity index (χ1) is 9.11. The number of nitrogens with zero attached hydrogens (tertiary/aromatic N) is 5. The van der Waals surface area contributed by atoms with Gasteiger partial charge in [-0.15, -0.1) is 0 Å². The summed E-state index contributed by atoms with van der Waals surface area (Å²) in [5.41, 5.74) is 1.18. The maximum absolute atomic E-state index is 4.38. The van der Waals surface area contributed by atoms with Gasteiger partial charge in [-0.25, -0.2) is 9.67 Å². The monoisotopic (exact) mass is 262 g/mol. The summed E-state index contributed by atoms with van der Waals surface area (Å²) in [6, 6.07) is 0.550. The van der Waals surface area contributed by atoms with E-state index in [4.69, 9.17) is 0 Å². The predicted molar refractivity (Wildman–Crippen MR) is 73.7 cm³/mol. The molecule has 0 bridgehead atoms. The van der Waals surface area contributed by atoms with Crippen LogP contribution in [-0.2, 0) is 13.5 Å². The number of likely N-dealkylation sites (N-methyl/N-ethyl adjacent to an activating group) is 1. The Kier molecular flexibility index (Phi) is 4.31. The van der Waals surface area contributed by atoms with Crippen molar-refractivity contribution >= 4 is 0 Å². The van der Waals surface area contributed by atoms with Gasteiger partial charge in [-0.05, 0) is 20.4 Å². The highest BCUT2D eigenvalue weighted by atomic mass is 15.3. The van der Waals surface area contributed by atoms with Crippen LogP contribution in [-0.4, -0.2) is 31.1 Å². The van der Waals surface area contributed by atoms with Crippen molar-refractivity contribution in [1.82, 2.24) is 29.9 Å². The van der Waals surface area contributed by atoms with Gasteiger partial charge < -0.3 is 5.32 Å². The van der Waals surface area contributed by atoms with Gasteiger partial charge in [0.25, 0.3) is 0 Å². The molecule has 2 aromatic heterocycles. The summed E-state index contributed by atoms with van der Waals surface area (Å²) in [6.07, 6.45) is 6.39. The van der Waals surface area contributed by atoms with Crippen molar-refractivity contribution in [2.45, 2.75) is 39.3 Å². The van der Waals surface area contributed by atoms with Crippen LogP contribution in [0.3, 0.4) is 0 Å². The molecule has 1 unspecified atom stereocenters. The molecule has 0 amide bonds. The molecule has 0 saturated carbocycles. The SMILES string of the molecule is CCNC(Cc1ncnn1C(C)C)c1cnn(C)c1. The fraction of sp³-hybridized carbons (Fsp3) is 0.615. The second kappa shape index (κ2) is 5.97. The third kappa shape index (κ3) is 3.20. The first kappa shape index (κ1) is 13.7. The Morgan fingerprint density at radius 3 is 2.68 bits per heavy atom. The molecule has 0 radical (unpaired) electrons. The molecule has 1 N–H and O–H groups in total. The van der Waals surface area contributed by atoms with E-state index < -0.39 is 0 Å². The van der Waals surface area contributed by atoms with E-state index in [0.29, 0.717) is 6.04 Å². The van der Waals surface area contributed by atoms with Crippen LogP contribution >= 0.6 is 0 Å². The summed E-state index contributed by atoms with van der Waals surface area (Å²) in [5.74, 6) is 1.00. The van der Waals surface area contributed by atoms with Gasteiger partial charge in [0.1, 0.15) is 12.2 Å². The molecule has 2 heterocycles. The highest BCUT2D eigenvalue weighted by molar-refractivity contribution is 5.12. The van der Waals surface area contributed by atoms with Gasteiger partial charge in [0.05, 0.1) is 6.20 Å². The summed E-state index contributed by atoms with van der Waals surface area (Å²) in [5, 5.41) is 12.0. The van der Waals surface area contributed by atoms with Crippen LogP contribution in [0.4, 0.5) is 0 Å². The summed E-state index contributed by atoms with van der Waals surface area (Å²) < 4.78 is 3.80. The third-order valence-electron chi connectivity index (χ3n) is 3.10. The lowest BCUT2D eigenvalue weighted by molar-refractivity contribution is 0.468. The molecule has 2 rings (SSSR count). The first-order valence-corrected chi connectivity index (χ1v) is 6.72. The van der Waals surface area contributed by atoms with Gasteiger partial charge in [-0.1, -0.05) is 6.92 Å². The number of hydrogen-bond donors (Lipinski definition) is 1. The van der Waals surface area contributed by atoms with Crippen LogP contribution in [0, 0.1) is 0 Å². The molecule has 0 spiro atoms. The lowest BCUT2D eigenvalue weighted by atomic mass is 10.1. The summed E-state index contributed by atoms with van der Waals surface area (Å²) in [4.78, 5) is 4.38. The number of hydrogen-bond acceptors (Lipinski definition) is 4. The average molecular weight is 262 g/mol. The Morgan fingerprint density at radius 1 is 1.32 bits per heavy atom. The number of aryl methyl sites for hydroxylation is 1. The fourth-order valence-electron chi connectivity index (χ4n) is 2.21. The van der Waals surface area contributed by atoms with Crippen LogP contribution in [0.25, 0.3) is 0 Å². The molecule has 1 atom stereocenters. The normalized spacial score (nSPS) is 13.1. The first-order valence-electron chi connectivity index (χ1n) is 6.72. The van der Waals surface area contributed by atoms with E-state index >= 15 is 0 Å². The standard InChI is InChI=1S/C13H22N6/c1-5-14-12(11-7-16-18(4)8-11)6-13-15-9-17-19(13)10(2)3/h7-10,12,14H,5-6H2,1-4H3. The van der Waals surface area contributed by atoms with E-state index in [0.717, 1.165) is 18.8 Å². The zero-order valence-electron chi connectivity index (χ0n) is 12.0. The smallest absolute Gasteiger partial charge is 0.138 e. The maximum atomic E-state index is 4.38. The minimum atomic E-state index is 0.223. The molecule has 0 aromatic carbocycles. The maximum Gasteiger partial charge on any atom is 0.138 e. The molecule has 6 heteroatoms. The molecular weight excluding hydrogens is 240 g/mol. The number of aromatic nitrogens is 5. The summed E-state index contributed by atoms with van der Waals surface area (Å²) >= 11 is 0. The second-order valence-corrected chi connectivity index (χ2v) is 4.98. The van der Waals surface area contributed by atoms with Crippen molar-refractivity contribution in [3.8, 4) is 0 Å². The molecule has 0 aliphatic carbocycles. The minimum absolute atomic E-state index is 0.223. The van der Waals surface area contributed by atoms with E-state index in [1.54, 1.807) is 6.33 Å². The van der Waals surface area contributed by atoms with Gasteiger partial charge >= 0.3 is 0 Å². The molecule has 0 aliphatic rings. The van der Waals surface area contributed by atoms with Crippen LogP contribution < -0.4 is 5.32 Å². The highest BCUT2D eigenvalue weighted by Gasteiger charge is 2.17. The molecule has 0 aliphatic heterocycles. The molecule has 19 heavy (non-hydrogen) atoms. The van der Waals surface area contributed by atoms with Crippen LogP contribution in [0.15, 0.2) is 18.7 Å². The van der Waals surface area contributed by atoms with Crippen molar-refractivity contribution in [3.63, 3.8) is 0 Å². The zero-order chi connectivity index (χ0) is 13.8. The lowest BCUT2D eigenvalue weighted by Gasteiger charge is -2.17. The topological polar surface area (TPSA) is 60.6 Å². The molecule has 2 aromatic rings. The molecule has 6 nitrogen and oxygen atoms in total. The van der Waals surface area contributed by atoms with Crippen LogP contribution in [0.5, 0.6) is 0 Å². The van der Waals surface area contributed by atoms with Gasteiger partial charge in [0.2, 0.25) is 0 Å². The van der Waals surface area contributed by atoms with Crippen molar-refractivity contribution in [2.75, 3.05) is 6.54 Å². The Labute approximate surface area is 113 Å². The van der Waals surface area contributed by atoms with Gasteiger partial charge in [0.15, 0.2) is 0 Å². The average Bonchev–Trinajstić information content (AvgIpc) is 2.97. The summed E-state index contributed by atoms with van der Waals surface area (Å²) in [6.45, 7) is 7.25. The van der Waals surface area contributed by atoms with E-state index in [1.165, 1.54) is 5.56 Å². The Balaban J connectivity index is 2.19. The molecular formula is C13H22N6. The van der Waals surface area contributed by atoms with Gasteiger partial charge in [-0.3, -0.25) is 4.68 Å². The van der Waals surface area contributed by atoms with E-state index in [9.17, 15) is 0 Å². The predicted octanol–water partition coefficient (Wildman–Crippen LogP) is 1.49. The minimum Gasteiger partial charge on any atom is -0.310 e. The van der Waals surface area contributed by atoms with Crippen molar-refractivity contribution in [1.29, 1.82) is 0 Å². The fourth-order valence-corrected chi connectivity index (χ4v) is 2.21. The van der Waals surface area contributed by atoms with E-state index in [-0.39, 0.29) is 6.04 Å². The van der Waals surface area contributed by atoms with Crippen molar-refractivity contribution < 1.29 is 0 Å². The van der Waals surface area contributed by atoms with E-state index in [1.807, 2.05) is 28.8 Å². The summed E-state index contributed by atoms with van der Waals surface area (Å²) in [7, 11) is 1.93. The Bertz CT molecular complexity index is 513. The molecule has 0 saturated heterocycles. The van der Waals surface area contributed by atoms with Crippen molar-refractivity contribution in [3.05, 3.63) is 30.1 Å². The molecule has 104 valence electrons. The van der Waals surface area contributed by atoms with Crippen molar-refractivity contribution in [2.24, 2.45) is 7.05 Å². The Morgan fingerprint density at radius 2 is 2.11 bits per heavy atom. The number of rotatable bonds is 6. The number of nitrogens with one attached hydrogen (secondary N) is 1. The third-order valence-corrected chi connectivity index (χ3v) is 3.10. The largest absolute Gasteiger partial charge is 0.310 e. The second-order valence-electron chi connectivity index (χ2n) is 4.98. The van der Waals surface area contributed by atoms with E-state index in [2.05, 4.69) is 41.3 Å². The van der Waals surface area contributed by atoms with Gasteiger partial charge in [-0.2, -0.15) is 10.2 Å². The Hall–Kier alpha value is -1.69.